The number of nitrogens with zero attached hydrogens (tertiary/aromatic N) is 5. The Morgan fingerprint density at radius 3 is 2.29 bits per heavy atom. The first kappa shape index (κ1) is 18.8. The Kier molecular flexibility index (Phi) is 5.82. The molecule has 28 heavy (non-hydrogen) atoms. The van der Waals surface area contributed by atoms with E-state index in [-0.39, 0.29) is 11.8 Å². The van der Waals surface area contributed by atoms with Crippen LogP contribution in [0, 0.1) is 0 Å². The molecule has 0 aromatic carbocycles. The maximum absolute atomic E-state index is 12.7. The van der Waals surface area contributed by atoms with Gasteiger partial charge in [0.1, 0.15) is 0 Å². The van der Waals surface area contributed by atoms with Gasteiger partial charge in [-0.05, 0) is 17.5 Å². The maximum Gasteiger partial charge on any atom is 0.277 e. The summed E-state index contributed by atoms with van der Waals surface area (Å²) >= 11 is 1.47. The molecule has 2 aliphatic rings. The lowest BCUT2D eigenvalue weighted by Crippen LogP contribution is -3.16. The summed E-state index contributed by atoms with van der Waals surface area (Å²) in [6, 6.07) is 5.57. The average Bonchev–Trinajstić information content (AvgIpc) is 3.29. The Morgan fingerprint density at radius 1 is 0.964 bits per heavy atom. The van der Waals surface area contributed by atoms with Gasteiger partial charge >= 0.3 is 0 Å². The zero-order chi connectivity index (χ0) is 19.3. The fourth-order valence-corrected chi connectivity index (χ4v) is 4.39. The first-order chi connectivity index (χ1) is 13.7. The van der Waals surface area contributed by atoms with Crippen molar-refractivity contribution >= 4 is 29.1 Å². The summed E-state index contributed by atoms with van der Waals surface area (Å²) in [5.41, 5.74) is 0. The average molecular weight is 402 g/mol. The second kappa shape index (κ2) is 8.66. The van der Waals surface area contributed by atoms with E-state index in [1.807, 2.05) is 33.4 Å². The van der Waals surface area contributed by atoms with Crippen LogP contribution in [0.5, 0.6) is 0 Å². The largest absolute Gasteiger partial charge is 0.334 e. The van der Waals surface area contributed by atoms with Gasteiger partial charge in [0.05, 0.1) is 31.1 Å². The standard InChI is InChI=1S/C19H24N6O2S/c26-17(15-22-6-8-25(9-7-22)19-20-4-2-5-21-19)23-10-12-24(13-11-23)18(27)16-3-1-14-28-16/h1-5,14H,6-13,15H2/p+1. The zero-order valence-electron chi connectivity index (χ0n) is 15.8. The number of carbonyl (C=O) groups is 2. The van der Waals surface area contributed by atoms with Crippen LogP contribution < -0.4 is 9.80 Å². The monoisotopic (exact) mass is 401 g/mol. The first-order valence-electron chi connectivity index (χ1n) is 9.67. The Hall–Kier alpha value is -2.52. The highest BCUT2D eigenvalue weighted by Gasteiger charge is 2.29. The summed E-state index contributed by atoms with van der Waals surface area (Å²) in [7, 11) is 0. The molecule has 148 valence electrons. The van der Waals surface area contributed by atoms with Crippen molar-refractivity contribution in [1.29, 1.82) is 0 Å². The molecule has 0 saturated carbocycles. The van der Waals surface area contributed by atoms with Gasteiger partial charge in [0.2, 0.25) is 5.95 Å². The normalized spacial score (nSPS) is 18.4. The van der Waals surface area contributed by atoms with E-state index < -0.39 is 0 Å². The minimum absolute atomic E-state index is 0.0759. The summed E-state index contributed by atoms with van der Waals surface area (Å²) in [6.45, 7) is 6.49. The molecule has 9 heteroatoms. The van der Waals surface area contributed by atoms with Gasteiger partial charge in [0.25, 0.3) is 11.8 Å². The number of amides is 2. The van der Waals surface area contributed by atoms with E-state index in [1.165, 1.54) is 16.2 Å². The molecule has 0 unspecified atom stereocenters. The number of piperazine rings is 2. The number of thiophene rings is 1. The first-order valence-corrected chi connectivity index (χ1v) is 10.5. The molecule has 2 amide bonds. The highest BCUT2D eigenvalue weighted by atomic mass is 32.1. The van der Waals surface area contributed by atoms with Gasteiger partial charge in [-0.15, -0.1) is 11.3 Å². The minimum Gasteiger partial charge on any atom is -0.334 e. The van der Waals surface area contributed by atoms with Gasteiger partial charge in [0, 0.05) is 38.6 Å². The predicted molar refractivity (Wildman–Crippen MR) is 107 cm³/mol. The number of rotatable bonds is 4. The third kappa shape index (κ3) is 4.31. The number of quaternary nitrogens is 1. The van der Waals surface area contributed by atoms with E-state index in [9.17, 15) is 9.59 Å². The van der Waals surface area contributed by atoms with Crippen LogP contribution in [-0.4, -0.2) is 90.5 Å². The minimum atomic E-state index is 0.0759. The van der Waals surface area contributed by atoms with Gasteiger partial charge in [-0.1, -0.05) is 6.07 Å². The second-order valence-electron chi connectivity index (χ2n) is 7.11. The van der Waals surface area contributed by atoms with Crippen molar-refractivity contribution in [2.75, 3.05) is 63.8 Å². The summed E-state index contributed by atoms with van der Waals surface area (Å²) in [6.07, 6.45) is 3.52. The molecule has 2 aromatic rings. The predicted octanol–water partition coefficient (Wildman–Crippen LogP) is -0.772. The van der Waals surface area contributed by atoms with Gasteiger partial charge in [0.15, 0.2) is 6.54 Å². The third-order valence-corrected chi connectivity index (χ3v) is 6.22. The van der Waals surface area contributed by atoms with E-state index in [4.69, 9.17) is 0 Å². The second-order valence-corrected chi connectivity index (χ2v) is 8.06. The topological polar surface area (TPSA) is 74.1 Å². The molecular weight excluding hydrogens is 376 g/mol. The van der Waals surface area contributed by atoms with Crippen LogP contribution >= 0.6 is 11.3 Å². The molecule has 2 aromatic heterocycles. The summed E-state index contributed by atoms with van der Waals surface area (Å²) in [5.74, 6) is 1.02. The van der Waals surface area contributed by atoms with Crippen LogP contribution in [-0.2, 0) is 4.79 Å². The molecule has 0 spiro atoms. The Balaban J connectivity index is 1.22. The molecule has 4 heterocycles. The molecule has 2 saturated heterocycles. The van der Waals surface area contributed by atoms with Crippen LogP contribution in [0.1, 0.15) is 9.67 Å². The SMILES string of the molecule is O=C(C[NH+]1CCN(c2ncccn2)CC1)N1CCN(C(=O)c2cccs2)CC1. The molecule has 2 aliphatic heterocycles. The Morgan fingerprint density at radius 2 is 1.64 bits per heavy atom. The number of anilines is 1. The molecule has 0 aliphatic carbocycles. The van der Waals surface area contributed by atoms with Gasteiger partial charge in [-0.2, -0.15) is 0 Å². The van der Waals surface area contributed by atoms with E-state index in [1.54, 1.807) is 12.4 Å². The van der Waals surface area contributed by atoms with Crippen molar-refractivity contribution in [2.24, 2.45) is 0 Å². The zero-order valence-corrected chi connectivity index (χ0v) is 16.6. The third-order valence-electron chi connectivity index (χ3n) is 5.36. The molecule has 0 bridgehead atoms. The number of hydrogen-bond acceptors (Lipinski definition) is 6. The van der Waals surface area contributed by atoms with Crippen molar-refractivity contribution in [2.45, 2.75) is 0 Å². The van der Waals surface area contributed by atoms with Crippen LogP contribution in [0.25, 0.3) is 0 Å². The fourth-order valence-electron chi connectivity index (χ4n) is 3.69. The Labute approximate surface area is 168 Å². The van der Waals surface area contributed by atoms with Gasteiger partial charge in [-0.3, -0.25) is 9.59 Å². The van der Waals surface area contributed by atoms with Gasteiger partial charge < -0.3 is 19.6 Å². The van der Waals surface area contributed by atoms with E-state index >= 15 is 0 Å². The van der Waals surface area contributed by atoms with Crippen LogP contribution in [0.3, 0.4) is 0 Å². The van der Waals surface area contributed by atoms with E-state index in [0.717, 1.165) is 37.0 Å². The van der Waals surface area contributed by atoms with Crippen molar-refractivity contribution in [3.63, 3.8) is 0 Å². The van der Waals surface area contributed by atoms with Gasteiger partial charge in [-0.25, -0.2) is 9.97 Å². The molecule has 2 fully saturated rings. The summed E-state index contributed by atoms with van der Waals surface area (Å²) in [4.78, 5) is 41.7. The highest BCUT2D eigenvalue weighted by molar-refractivity contribution is 7.12. The number of carbonyl (C=O) groups excluding carboxylic acids is 2. The Bertz CT molecular complexity index is 784. The van der Waals surface area contributed by atoms with E-state index in [0.29, 0.717) is 32.7 Å². The lowest BCUT2D eigenvalue weighted by molar-refractivity contribution is -0.892. The molecule has 0 atom stereocenters. The molecule has 0 radical (unpaired) electrons. The molecule has 8 nitrogen and oxygen atoms in total. The molecule has 1 N–H and O–H groups in total. The van der Waals surface area contributed by atoms with Crippen LogP contribution in [0.2, 0.25) is 0 Å². The smallest absolute Gasteiger partial charge is 0.277 e. The van der Waals surface area contributed by atoms with Crippen molar-refractivity contribution in [3.05, 3.63) is 40.8 Å². The summed E-state index contributed by atoms with van der Waals surface area (Å²) < 4.78 is 0. The van der Waals surface area contributed by atoms with Crippen molar-refractivity contribution in [3.8, 4) is 0 Å². The highest BCUT2D eigenvalue weighted by Crippen LogP contribution is 2.13. The number of hydrogen-bond donors (Lipinski definition) is 1. The number of nitrogens with one attached hydrogen (secondary N) is 1. The van der Waals surface area contributed by atoms with E-state index in [2.05, 4.69) is 14.9 Å². The summed E-state index contributed by atoms with van der Waals surface area (Å²) in [5, 5.41) is 1.92. The quantitative estimate of drug-likeness (QED) is 0.728. The van der Waals surface area contributed by atoms with Crippen molar-refractivity contribution in [1.82, 2.24) is 19.8 Å². The molecular formula is C19H25N6O2S+. The van der Waals surface area contributed by atoms with Crippen molar-refractivity contribution < 1.29 is 14.5 Å². The maximum atomic E-state index is 12.7. The molecule has 4 rings (SSSR count). The number of aromatic nitrogens is 2. The van der Waals surface area contributed by atoms with Crippen LogP contribution in [0.15, 0.2) is 36.0 Å². The fraction of sp³-hybridized carbons (Fsp3) is 0.474. The van der Waals surface area contributed by atoms with Crippen LogP contribution in [0.4, 0.5) is 5.95 Å². The lowest BCUT2D eigenvalue weighted by atomic mass is 10.2. The lowest BCUT2D eigenvalue weighted by Gasteiger charge is -2.36.